The average Bonchev–Trinajstić information content (AvgIpc) is 2.30. The number of hydrogen-bond acceptors (Lipinski definition) is 1. The second-order valence-electron chi connectivity index (χ2n) is 5.73. The lowest BCUT2D eigenvalue weighted by Crippen LogP contribution is -2.21. The summed E-state index contributed by atoms with van der Waals surface area (Å²) in [6.45, 7) is 7.17. The first-order valence-electron chi connectivity index (χ1n) is 7.53. The maximum atomic E-state index is 3.60. The fraction of sp³-hybridized carbons (Fsp3) is 1.00. The lowest BCUT2D eigenvalue weighted by Gasteiger charge is -2.26. The summed E-state index contributed by atoms with van der Waals surface area (Å²) >= 11 is 0. The third-order valence-corrected chi connectivity index (χ3v) is 4.07. The van der Waals surface area contributed by atoms with Gasteiger partial charge in [-0.2, -0.15) is 0 Å². The van der Waals surface area contributed by atoms with Crippen LogP contribution >= 0.6 is 0 Å². The minimum Gasteiger partial charge on any atom is -0.317 e. The third-order valence-electron chi connectivity index (χ3n) is 4.07. The van der Waals surface area contributed by atoms with E-state index in [4.69, 9.17) is 0 Å². The molecule has 1 fully saturated rings. The van der Waals surface area contributed by atoms with E-state index in [2.05, 4.69) is 19.2 Å². The molecule has 0 radical (unpaired) electrons. The molecular weight excluding hydrogens is 194 g/mol. The fourth-order valence-corrected chi connectivity index (χ4v) is 2.73. The predicted octanol–water partition coefficient (Wildman–Crippen LogP) is 4.37. The molecule has 0 aromatic heterocycles. The molecular formula is C15H31N. The van der Waals surface area contributed by atoms with Gasteiger partial charge in [0, 0.05) is 0 Å². The first kappa shape index (κ1) is 14.0. The molecule has 16 heavy (non-hydrogen) atoms. The monoisotopic (exact) mass is 225 g/mol. The van der Waals surface area contributed by atoms with Crippen LogP contribution in [-0.2, 0) is 0 Å². The summed E-state index contributed by atoms with van der Waals surface area (Å²) in [5.41, 5.74) is 0. The van der Waals surface area contributed by atoms with E-state index in [0.29, 0.717) is 0 Å². The highest BCUT2D eigenvalue weighted by molar-refractivity contribution is 4.70. The van der Waals surface area contributed by atoms with Gasteiger partial charge in [-0.25, -0.2) is 0 Å². The molecule has 0 atom stereocenters. The summed E-state index contributed by atoms with van der Waals surface area (Å²) in [6.07, 6.45) is 12.9. The van der Waals surface area contributed by atoms with E-state index in [1.165, 1.54) is 70.9 Å². The zero-order valence-electron chi connectivity index (χ0n) is 11.4. The molecule has 0 bridgehead atoms. The van der Waals surface area contributed by atoms with Crippen LogP contribution in [0.5, 0.6) is 0 Å². The van der Waals surface area contributed by atoms with Crippen LogP contribution in [0, 0.1) is 11.8 Å². The fourth-order valence-electron chi connectivity index (χ4n) is 2.73. The van der Waals surface area contributed by atoms with Crippen LogP contribution in [0.4, 0.5) is 0 Å². The number of rotatable bonds is 8. The maximum absolute atomic E-state index is 3.60. The van der Waals surface area contributed by atoms with Gasteiger partial charge in [-0.05, 0) is 37.8 Å². The lowest BCUT2D eigenvalue weighted by atomic mass is 9.81. The van der Waals surface area contributed by atoms with Crippen molar-refractivity contribution in [3.63, 3.8) is 0 Å². The highest BCUT2D eigenvalue weighted by Gasteiger charge is 2.17. The molecule has 1 aliphatic carbocycles. The SMILES string of the molecule is CCCCCCNCCC1CCC(C)CC1. The molecule has 0 saturated heterocycles. The Morgan fingerprint density at radius 1 is 0.938 bits per heavy atom. The Bertz CT molecular complexity index is 148. The first-order chi connectivity index (χ1) is 7.83. The number of nitrogens with one attached hydrogen (secondary N) is 1. The second kappa shape index (κ2) is 9.04. The van der Waals surface area contributed by atoms with Crippen LogP contribution in [0.15, 0.2) is 0 Å². The molecule has 1 N–H and O–H groups in total. The van der Waals surface area contributed by atoms with Gasteiger partial charge in [-0.1, -0.05) is 58.8 Å². The van der Waals surface area contributed by atoms with Crippen molar-refractivity contribution in [3.8, 4) is 0 Å². The van der Waals surface area contributed by atoms with E-state index in [9.17, 15) is 0 Å². The van der Waals surface area contributed by atoms with Gasteiger partial charge in [0.25, 0.3) is 0 Å². The van der Waals surface area contributed by atoms with Gasteiger partial charge in [0.2, 0.25) is 0 Å². The van der Waals surface area contributed by atoms with Gasteiger partial charge < -0.3 is 5.32 Å². The van der Waals surface area contributed by atoms with Gasteiger partial charge >= 0.3 is 0 Å². The van der Waals surface area contributed by atoms with Crippen molar-refractivity contribution >= 4 is 0 Å². The van der Waals surface area contributed by atoms with E-state index < -0.39 is 0 Å². The van der Waals surface area contributed by atoms with Crippen LogP contribution in [-0.4, -0.2) is 13.1 Å². The molecule has 1 aliphatic rings. The van der Waals surface area contributed by atoms with Gasteiger partial charge in [0.15, 0.2) is 0 Å². The maximum Gasteiger partial charge on any atom is -0.00463 e. The number of unbranched alkanes of at least 4 members (excludes halogenated alkanes) is 3. The molecule has 1 rings (SSSR count). The molecule has 0 aromatic rings. The summed E-state index contributed by atoms with van der Waals surface area (Å²) < 4.78 is 0. The second-order valence-corrected chi connectivity index (χ2v) is 5.73. The predicted molar refractivity (Wildman–Crippen MR) is 72.8 cm³/mol. The highest BCUT2D eigenvalue weighted by Crippen LogP contribution is 2.29. The van der Waals surface area contributed by atoms with Crippen LogP contribution in [0.1, 0.15) is 71.6 Å². The van der Waals surface area contributed by atoms with Crippen molar-refractivity contribution in [2.45, 2.75) is 71.6 Å². The third kappa shape index (κ3) is 6.52. The van der Waals surface area contributed by atoms with Crippen LogP contribution < -0.4 is 5.32 Å². The molecule has 0 aliphatic heterocycles. The topological polar surface area (TPSA) is 12.0 Å². The Labute approximate surface area is 102 Å². The minimum absolute atomic E-state index is 0.998. The van der Waals surface area contributed by atoms with Crippen molar-refractivity contribution in [3.05, 3.63) is 0 Å². The Kier molecular flexibility index (Phi) is 7.92. The van der Waals surface area contributed by atoms with Crippen LogP contribution in [0.3, 0.4) is 0 Å². The Balaban J connectivity index is 1.84. The molecule has 96 valence electrons. The van der Waals surface area contributed by atoms with Gasteiger partial charge in [0.05, 0.1) is 0 Å². The van der Waals surface area contributed by atoms with E-state index in [1.54, 1.807) is 0 Å². The summed E-state index contributed by atoms with van der Waals surface area (Å²) in [4.78, 5) is 0. The summed E-state index contributed by atoms with van der Waals surface area (Å²) in [6, 6.07) is 0. The normalized spacial score (nSPS) is 25.9. The Morgan fingerprint density at radius 2 is 1.69 bits per heavy atom. The largest absolute Gasteiger partial charge is 0.317 e. The number of hydrogen-bond donors (Lipinski definition) is 1. The molecule has 0 heterocycles. The highest BCUT2D eigenvalue weighted by atomic mass is 14.8. The van der Waals surface area contributed by atoms with Crippen molar-refractivity contribution in [2.24, 2.45) is 11.8 Å². The molecule has 1 saturated carbocycles. The standard InChI is InChI=1S/C15H31N/c1-3-4-5-6-12-16-13-11-15-9-7-14(2)8-10-15/h14-16H,3-13H2,1-2H3. The van der Waals surface area contributed by atoms with E-state index in [1.807, 2.05) is 0 Å². The molecule has 0 spiro atoms. The zero-order chi connectivity index (χ0) is 11.6. The molecule has 0 amide bonds. The summed E-state index contributed by atoms with van der Waals surface area (Å²) in [5.74, 6) is 2.03. The molecule has 1 heteroatoms. The van der Waals surface area contributed by atoms with Crippen LogP contribution in [0.2, 0.25) is 0 Å². The average molecular weight is 225 g/mol. The minimum atomic E-state index is 0.998. The van der Waals surface area contributed by atoms with E-state index in [0.717, 1.165) is 11.8 Å². The van der Waals surface area contributed by atoms with Gasteiger partial charge in [0.1, 0.15) is 0 Å². The van der Waals surface area contributed by atoms with E-state index in [-0.39, 0.29) is 0 Å². The molecule has 0 unspecified atom stereocenters. The first-order valence-corrected chi connectivity index (χ1v) is 7.53. The van der Waals surface area contributed by atoms with Crippen molar-refractivity contribution in [1.29, 1.82) is 0 Å². The summed E-state index contributed by atoms with van der Waals surface area (Å²) in [7, 11) is 0. The smallest absolute Gasteiger partial charge is 0.00463 e. The van der Waals surface area contributed by atoms with Gasteiger partial charge in [-0.15, -0.1) is 0 Å². The lowest BCUT2D eigenvalue weighted by molar-refractivity contribution is 0.275. The zero-order valence-corrected chi connectivity index (χ0v) is 11.4. The Morgan fingerprint density at radius 3 is 2.38 bits per heavy atom. The van der Waals surface area contributed by atoms with Crippen LogP contribution in [0.25, 0.3) is 0 Å². The molecule has 0 aromatic carbocycles. The summed E-state index contributed by atoms with van der Waals surface area (Å²) in [5, 5.41) is 3.60. The van der Waals surface area contributed by atoms with E-state index >= 15 is 0 Å². The quantitative estimate of drug-likeness (QED) is 0.605. The van der Waals surface area contributed by atoms with Crippen molar-refractivity contribution in [2.75, 3.05) is 13.1 Å². The van der Waals surface area contributed by atoms with Crippen molar-refractivity contribution < 1.29 is 0 Å². The molecule has 1 nitrogen and oxygen atoms in total. The van der Waals surface area contributed by atoms with Crippen molar-refractivity contribution in [1.82, 2.24) is 5.32 Å². The Hall–Kier alpha value is -0.0400. The van der Waals surface area contributed by atoms with Gasteiger partial charge in [-0.3, -0.25) is 0 Å².